The second-order valence-corrected chi connectivity index (χ2v) is 6.89. The van der Waals surface area contributed by atoms with Crippen molar-refractivity contribution in [1.82, 2.24) is 10.2 Å². The number of piperidine rings is 1. The van der Waals surface area contributed by atoms with E-state index in [-0.39, 0.29) is 12.4 Å². The van der Waals surface area contributed by atoms with E-state index in [9.17, 15) is 0 Å². The Morgan fingerprint density at radius 1 is 1.28 bits per heavy atom. The number of fused-ring (bicyclic) bond motifs is 2. The number of rotatable bonds is 2. The van der Waals surface area contributed by atoms with E-state index in [2.05, 4.69) is 15.6 Å². The molecule has 3 heterocycles. The number of thiophene rings is 1. The Hall–Kier alpha value is 0.490. The van der Waals surface area contributed by atoms with Crippen molar-refractivity contribution in [2.24, 2.45) is 0 Å². The minimum Gasteiger partial charge on any atom is -0.309 e. The van der Waals surface area contributed by atoms with Gasteiger partial charge in [-0.15, -0.1) is 23.7 Å². The van der Waals surface area contributed by atoms with E-state index in [1.807, 2.05) is 0 Å². The maximum absolute atomic E-state index is 6.18. The van der Waals surface area contributed by atoms with Crippen molar-refractivity contribution in [3.63, 3.8) is 0 Å². The molecule has 2 unspecified atom stereocenters. The summed E-state index contributed by atoms with van der Waals surface area (Å²) in [4.78, 5) is 2.51. The Morgan fingerprint density at radius 2 is 1.94 bits per heavy atom. The number of hydrogen-bond donors (Lipinski definition) is 1. The Labute approximate surface area is 128 Å². The molecule has 2 aliphatic heterocycles. The Balaban J connectivity index is 0.00000120. The van der Waals surface area contributed by atoms with Crippen LogP contribution >= 0.6 is 46.9 Å². The Kier molecular flexibility index (Phi) is 5.21. The van der Waals surface area contributed by atoms with Crippen LogP contribution in [0.15, 0.2) is 5.38 Å². The molecular weight excluding hydrogens is 311 g/mol. The smallest absolute Gasteiger partial charge is 0.112 e. The van der Waals surface area contributed by atoms with Crippen LogP contribution in [0.4, 0.5) is 0 Å². The number of nitrogens with zero attached hydrogens (tertiary/aromatic N) is 1. The van der Waals surface area contributed by atoms with Gasteiger partial charge in [0.2, 0.25) is 0 Å². The Bertz CT molecular complexity index is 398. The fourth-order valence-electron chi connectivity index (χ4n) is 2.93. The van der Waals surface area contributed by atoms with Crippen molar-refractivity contribution in [3.05, 3.63) is 20.3 Å². The molecule has 3 rings (SSSR count). The molecule has 0 saturated carbocycles. The van der Waals surface area contributed by atoms with Crippen LogP contribution in [0, 0.1) is 0 Å². The van der Waals surface area contributed by atoms with Gasteiger partial charge in [-0.25, -0.2) is 0 Å². The summed E-state index contributed by atoms with van der Waals surface area (Å²) in [6.07, 6.45) is 4.00. The van der Waals surface area contributed by atoms with Crippen LogP contribution in [-0.4, -0.2) is 30.1 Å². The fourth-order valence-corrected chi connectivity index (χ4v) is 4.17. The third kappa shape index (κ3) is 3.14. The topological polar surface area (TPSA) is 15.3 Å². The van der Waals surface area contributed by atoms with Crippen LogP contribution in [-0.2, 0) is 6.54 Å². The quantitative estimate of drug-likeness (QED) is 0.889. The SMILES string of the molecule is Cl.Clc1scc(CN2CC3CCCC(C2)N3)c1Cl. The third-order valence-corrected chi connectivity index (χ3v) is 5.60. The summed E-state index contributed by atoms with van der Waals surface area (Å²) in [6.45, 7) is 3.22. The van der Waals surface area contributed by atoms with E-state index >= 15 is 0 Å². The molecule has 1 N–H and O–H groups in total. The van der Waals surface area contributed by atoms with Gasteiger partial charge in [0.1, 0.15) is 4.34 Å². The number of piperazine rings is 1. The zero-order valence-corrected chi connectivity index (χ0v) is 13.1. The van der Waals surface area contributed by atoms with Gasteiger partial charge in [-0.1, -0.05) is 29.6 Å². The summed E-state index contributed by atoms with van der Waals surface area (Å²) < 4.78 is 0.719. The average Bonchev–Trinajstić information content (AvgIpc) is 2.61. The average molecular weight is 328 g/mol. The highest BCUT2D eigenvalue weighted by atomic mass is 35.5. The van der Waals surface area contributed by atoms with Gasteiger partial charge in [0.15, 0.2) is 0 Å². The maximum Gasteiger partial charge on any atom is 0.112 e. The first-order valence-electron chi connectivity index (χ1n) is 6.12. The van der Waals surface area contributed by atoms with Crippen LogP contribution in [0.1, 0.15) is 24.8 Å². The first-order chi connectivity index (χ1) is 8.22. The summed E-state index contributed by atoms with van der Waals surface area (Å²) in [5, 5.41) is 6.53. The zero-order valence-electron chi connectivity index (χ0n) is 9.99. The van der Waals surface area contributed by atoms with Crippen molar-refractivity contribution < 1.29 is 0 Å². The molecule has 0 amide bonds. The highest BCUT2D eigenvalue weighted by Crippen LogP contribution is 2.33. The number of likely N-dealkylation sites (tertiary alicyclic amines) is 1. The molecular formula is C12H17Cl3N2S. The molecule has 2 bridgehead atoms. The van der Waals surface area contributed by atoms with Crippen molar-refractivity contribution >= 4 is 46.9 Å². The van der Waals surface area contributed by atoms with Crippen molar-refractivity contribution in [2.75, 3.05) is 13.1 Å². The normalized spacial score (nSPS) is 27.9. The lowest BCUT2D eigenvalue weighted by Gasteiger charge is -2.42. The molecule has 1 aromatic rings. The van der Waals surface area contributed by atoms with Crippen LogP contribution in [0.2, 0.25) is 9.36 Å². The molecule has 0 aliphatic carbocycles. The highest BCUT2D eigenvalue weighted by Gasteiger charge is 2.29. The van der Waals surface area contributed by atoms with Gasteiger partial charge in [-0.05, 0) is 23.8 Å². The lowest BCUT2D eigenvalue weighted by molar-refractivity contribution is 0.119. The van der Waals surface area contributed by atoms with Crippen LogP contribution in [0.3, 0.4) is 0 Å². The molecule has 0 aromatic carbocycles. The maximum atomic E-state index is 6.18. The second kappa shape index (κ2) is 6.29. The van der Waals surface area contributed by atoms with Gasteiger partial charge in [-0.2, -0.15) is 0 Å². The standard InChI is InChI=1S/C12H16Cl2N2S.ClH/c13-11-8(7-17-12(11)14)4-16-5-9-2-1-3-10(6-16)15-9;/h7,9-10,15H,1-6H2;1H. The van der Waals surface area contributed by atoms with Gasteiger partial charge in [-0.3, -0.25) is 4.90 Å². The van der Waals surface area contributed by atoms with Gasteiger partial charge in [0, 0.05) is 31.7 Å². The predicted molar refractivity (Wildman–Crippen MR) is 81.4 cm³/mol. The van der Waals surface area contributed by atoms with Gasteiger partial charge >= 0.3 is 0 Å². The summed E-state index contributed by atoms with van der Waals surface area (Å²) in [6, 6.07) is 1.35. The third-order valence-electron chi connectivity index (χ3n) is 3.69. The fraction of sp³-hybridized carbons (Fsp3) is 0.667. The molecule has 0 radical (unpaired) electrons. The van der Waals surface area contributed by atoms with E-state index in [1.165, 1.54) is 36.2 Å². The molecule has 2 atom stereocenters. The Morgan fingerprint density at radius 3 is 2.50 bits per heavy atom. The minimum atomic E-state index is 0. The van der Waals surface area contributed by atoms with Crippen molar-refractivity contribution in [3.8, 4) is 0 Å². The van der Waals surface area contributed by atoms with Gasteiger partial charge in [0.25, 0.3) is 0 Å². The predicted octanol–water partition coefficient (Wildman–Crippen LogP) is 3.80. The monoisotopic (exact) mass is 326 g/mol. The summed E-state index contributed by atoms with van der Waals surface area (Å²) in [5.41, 5.74) is 1.18. The van der Waals surface area contributed by atoms with E-state index in [0.717, 1.165) is 29.0 Å². The summed E-state index contributed by atoms with van der Waals surface area (Å²) >= 11 is 13.7. The largest absolute Gasteiger partial charge is 0.309 e. The molecule has 2 nitrogen and oxygen atoms in total. The van der Waals surface area contributed by atoms with E-state index in [0.29, 0.717) is 12.1 Å². The van der Waals surface area contributed by atoms with Crippen molar-refractivity contribution in [2.45, 2.75) is 37.9 Å². The molecule has 2 fully saturated rings. The molecule has 2 aliphatic rings. The summed E-state index contributed by atoms with van der Waals surface area (Å²) in [7, 11) is 0. The molecule has 18 heavy (non-hydrogen) atoms. The molecule has 1 aromatic heterocycles. The van der Waals surface area contributed by atoms with E-state index in [1.54, 1.807) is 0 Å². The van der Waals surface area contributed by atoms with Crippen LogP contribution < -0.4 is 5.32 Å². The second-order valence-electron chi connectivity index (χ2n) is 5.03. The van der Waals surface area contributed by atoms with Gasteiger partial charge in [0.05, 0.1) is 5.02 Å². The first-order valence-corrected chi connectivity index (χ1v) is 7.75. The lowest BCUT2D eigenvalue weighted by Crippen LogP contribution is -2.58. The van der Waals surface area contributed by atoms with Crippen LogP contribution in [0.5, 0.6) is 0 Å². The molecule has 6 heteroatoms. The van der Waals surface area contributed by atoms with Crippen molar-refractivity contribution in [1.29, 1.82) is 0 Å². The molecule has 0 spiro atoms. The number of halogens is 3. The molecule has 102 valence electrons. The first kappa shape index (κ1) is 14.9. The number of hydrogen-bond acceptors (Lipinski definition) is 3. The molecule has 2 saturated heterocycles. The lowest BCUT2D eigenvalue weighted by atomic mass is 9.94. The highest BCUT2D eigenvalue weighted by molar-refractivity contribution is 7.15. The van der Waals surface area contributed by atoms with Gasteiger partial charge < -0.3 is 5.32 Å². The van der Waals surface area contributed by atoms with Crippen LogP contribution in [0.25, 0.3) is 0 Å². The number of nitrogens with one attached hydrogen (secondary N) is 1. The van der Waals surface area contributed by atoms with E-state index in [4.69, 9.17) is 23.2 Å². The summed E-state index contributed by atoms with van der Waals surface area (Å²) in [5.74, 6) is 0. The zero-order chi connectivity index (χ0) is 11.8. The minimum absolute atomic E-state index is 0. The van der Waals surface area contributed by atoms with E-state index < -0.39 is 0 Å².